The summed E-state index contributed by atoms with van der Waals surface area (Å²) in [6.07, 6.45) is -1.36. The van der Waals surface area contributed by atoms with E-state index in [0.29, 0.717) is 33.0 Å². The standard InChI is InChI=1S/C45H33ClF3N3O5/c1-51(41-34(46)19-21-36(50-41)45(47,48)49)52-42(56)30-17-16-29-32(38(30)43(52)57)22-33-40(55)31(24-10-4-2-5-11-24)23-37(54)44(33,25-12-6-3-7-13-25)39(29)28-18-20-35(53)27-15-9-8-14-26(27)28/h2-16,18-21,23,30,32-33,38-39,53H,17,22H2,1H3/t30-,32+,33-,38-,39-,44-/m0/s1. The van der Waals surface area contributed by atoms with Gasteiger partial charge in [0.25, 0.3) is 11.8 Å². The Morgan fingerprint density at radius 2 is 1.49 bits per heavy atom. The number of amides is 2. The minimum absolute atomic E-state index is 0.0270. The predicted octanol–water partition coefficient (Wildman–Crippen LogP) is 8.49. The quantitative estimate of drug-likeness (QED) is 0.141. The van der Waals surface area contributed by atoms with E-state index < -0.39 is 64.5 Å². The molecule has 1 saturated carbocycles. The van der Waals surface area contributed by atoms with E-state index in [1.54, 1.807) is 48.5 Å². The first-order chi connectivity index (χ1) is 27.3. The van der Waals surface area contributed by atoms with E-state index in [4.69, 9.17) is 11.6 Å². The van der Waals surface area contributed by atoms with Crippen molar-refractivity contribution in [3.63, 3.8) is 0 Å². The number of carbonyl (C=O) groups is 4. The zero-order valence-corrected chi connectivity index (χ0v) is 31.0. The third-order valence-electron chi connectivity index (χ3n) is 12.3. The van der Waals surface area contributed by atoms with Crippen LogP contribution >= 0.6 is 11.6 Å². The van der Waals surface area contributed by atoms with Crippen molar-refractivity contribution in [1.82, 2.24) is 9.99 Å². The van der Waals surface area contributed by atoms with Crippen molar-refractivity contribution in [2.24, 2.45) is 23.7 Å². The molecule has 1 aliphatic heterocycles. The molecule has 6 atom stereocenters. The van der Waals surface area contributed by atoms with Crippen LogP contribution in [0.3, 0.4) is 0 Å². The third-order valence-corrected chi connectivity index (χ3v) is 12.6. The predicted molar refractivity (Wildman–Crippen MR) is 207 cm³/mol. The van der Waals surface area contributed by atoms with Crippen LogP contribution in [0.5, 0.6) is 5.75 Å². The Hall–Kier alpha value is -6.07. The van der Waals surface area contributed by atoms with Crippen molar-refractivity contribution in [1.29, 1.82) is 0 Å². The number of nitrogens with zero attached hydrogens (tertiary/aromatic N) is 3. The molecule has 1 saturated heterocycles. The van der Waals surface area contributed by atoms with Gasteiger partial charge in [-0.15, -0.1) is 0 Å². The number of pyridine rings is 1. The molecule has 1 N–H and O–H groups in total. The zero-order chi connectivity index (χ0) is 40.0. The number of rotatable bonds is 5. The van der Waals surface area contributed by atoms with Gasteiger partial charge in [0, 0.05) is 29.8 Å². The molecule has 0 radical (unpaired) electrons. The molecular weight excluding hydrogens is 755 g/mol. The Bertz CT molecular complexity index is 2590. The molecule has 0 bridgehead atoms. The first-order valence-corrected chi connectivity index (χ1v) is 18.9. The van der Waals surface area contributed by atoms with Crippen molar-refractivity contribution in [3.8, 4) is 5.75 Å². The van der Waals surface area contributed by atoms with Crippen molar-refractivity contribution in [2.45, 2.75) is 30.4 Å². The summed E-state index contributed by atoms with van der Waals surface area (Å²) in [7, 11) is 1.27. The summed E-state index contributed by atoms with van der Waals surface area (Å²) in [6.45, 7) is 0. The number of Topliss-reactive ketones (excluding diaryl/α,β-unsaturated/α-hetero) is 1. The van der Waals surface area contributed by atoms with Gasteiger partial charge in [-0.05, 0) is 65.1 Å². The van der Waals surface area contributed by atoms with E-state index >= 15 is 9.59 Å². The van der Waals surface area contributed by atoms with Crippen LogP contribution < -0.4 is 5.01 Å². The van der Waals surface area contributed by atoms with Crippen molar-refractivity contribution in [3.05, 3.63) is 154 Å². The van der Waals surface area contributed by atoms with Gasteiger partial charge in [-0.3, -0.25) is 24.2 Å². The summed E-state index contributed by atoms with van der Waals surface area (Å²) >= 11 is 6.34. The molecule has 3 aliphatic carbocycles. The van der Waals surface area contributed by atoms with Gasteiger partial charge in [0.1, 0.15) is 11.4 Å². The third kappa shape index (κ3) is 5.39. The second-order valence-corrected chi connectivity index (χ2v) is 15.4. The van der Waals surface area contributed by atoms with Gasteiger partial charge in [0.05, 0.1) is 22.3 Å². The summed E-state index contributed by atoms with van der Waals surface area (Å²) in [4.78, 5) is 63.4. The fourth-order valence-electron chi connectivity index (χ4n) is 9.97. The van der Waals surface area contributed by atoms with Crippen LogP contribution in [0.15, 0.2) is 127 Å². The highest BCUT2D eigenvalue weighted by molar-refractivity contribution is 6.33. The van der Waals surface area contributed by atoms with E-state index in [0.717, 1.165) is 22.2 Å². The van der Waals surface area contributed by atoms with Crippen LogP contribution in [0, 0.1) is 23.7 Å². The molecule has 57 heavy (non-hydrogen) atoms. The SMILES string of the molecule is CN(c1nc(C(F)(F)F)ccc1Cl)N1C(=O)[C@H]2[C@H](CC=C3[C@H]2C[C@H]2C(=O)C(c4ccccc4)=CC(=O)[C@@]2(c2ccccc2)[C@H]3c2ccc(O)c3ccccc23)C1=O. The number of benzene rings is 4. The smallest absolute Gasteiger partial charge is 0.433 e. The van der Waals surface area contributed by atoms with Crippen molar-refractivity contribution >= 4 is 57.1 Å². The van der Waals surface area contributed by atoms with Crippen LogP contribution in [0.25, 0.3) is 16.3 Å². The monoisotopic (exact) mass is 787 g/mol. The summed E-state index contributed by atoms with van der Waals surface area (Å²) in [5.74, 6) is -6.83. The molecule has 12 heteroatoms. The number of hydrogen-bond donors (Lipinski definition) is 1. The van der Waals surface area contributed by atoms with E-state index in [-0.39, 0.29) is 40.8 Å². The van der Waals surface area contributed by atoms with Crippen LogP contribution in [-0.2, 0) is 30.8 Å². The molecule has 1 aromatic heterocycles. The molecular formula is C45H33ClF3N3O5. The molecule has 5 aromatic rings. The lowest BCUT2D eigenvalue weighted by Gasteiger charge is -2.55. The van der Waals surface area contributed by atoms with Crippen LogP contribution in [0.2, 0.25) is 5.02 Å². The van der Waals surface area contributed by atoms with E-state index in [1.165, 1.54) is 13.1 Å². The number of phenols is 1. The molecule has 9 rings (SSSR count). The molecule has 0 spiro atoms. The Morgan fingerprint density at radius 1 is 0.825 bits per heavy atom. The minimum atomic E-state index is -4.82. The first kappa shape index (κ1) is 36.6. The number of ketones is 2. The fourth-order valence-corrected chi connectivity index (χ4v) is 10.2. The molecule has 8 nitrogen and oxygen atoms in total. The largest absolute Gasteiger partial charge is 0.507 e. The van der Waals surface area contributed by atoms with Crippen LogP contribution in [0.4, 0.5) is 19.0 Å². The van der Waals surface area contributed by atoms with Gasteiger partial charge in [0.15, 0.2) is 17.4 Å². The molecule has 2 fully saturated rings. The normalized spacial score (nSPS) is 25.8. The van der Waals surface area contributed by atoms with Crippen LogP contribution in [-0.4, -0.2) is 45.5 Å². The molecule has 4 aliphatic rings. The number of allylic oxidation sites excluding steroid dienone is 4. The first-order valence-electron chi connectivity index (χ1n) is 18.5. The maximum Gasteiger partial charge on any atom is 0.433 e. The average molecular weight is 788 g/mol. The van der Waals surface area contributed by atoms with Gasteiger partial charge in [0.2, 0.25) is 0 Å². The summed E-state index contributed by atoms with van der Waals surface area (Å²) < 4.78 is 41.3. The number of alkyl halides is 3. The number of aromatic hydroxyl groups is 1. The number of phenolic OH excluding ortho intramolecular Hbond substituents is 1. The second kappa shape index (κ2) is 13.3. The molecule has 4 aromatic carbocycles. The Kier molecular flexibility index (Phi) is 8.51. The number of anilines is 1. The van der Waals surface area contributed by atoms with Crippen molar-refractivity contribution in [2.75, 3.05) is 12.1 Å². The van der Waals surface area contributed by atoms with Gasteiger partial charge < -0.3 is 5.11 Å². The number of fused-ring (bicyclic) bond motifs is 5. The topological polar surface area (TPSA) is 108 Å². The number of hydrazine groups is 1. The van der Waals surface area contributed by atoms with Crippen LogP contribution in [0.1, 0.15) is 41.1 Å². The minimum Gasteiger partial charge on any atom is -0.507 e. The Labute approximate surface area is 329 Å². The second-order valence-electron chi connectivity index (χ2n) is 15.0. The van der Waals surface area contributed by atoms with Gasteiger partial charge >= 0.3 is 6.18 Å². The van der Waals surface area contributed by atoms with E-state index in [2.05, 4.69) is 4.98 Å². The van der Waals surface area contributed by atoms with Gasteiger partial charge in [-0.25, -0.2) is 4.98 Å². The molecule has 2 heterocycles. The Balaban J connectivity index is 1.25. The van der Waals surface area contributed by atoms with E-state index in [1.807, 2.05) is 54.6 Å². The Morgan fingerprint density at radius 3 is 2.19 bits per heavy atom. The number of hydrogen-bond acceptors (Lipinski definition) is 7. The molecule has 2 amide bonds. The van der Waals surface area contributed by atoms with Gasteiger partial charge in [-0.1, -0.05) is 114 Å². The maximum absolute atomic E-state index is 15.4. The highest BCUT2D eigenvalue weighted by Gasteiger charge is 2.66. The summed E-state index contributed by atoms with van der Waals surface area (Å²) in [5.41, 5.74) is 0.0413. The number of halogens is 4. The zero-order valence-electron chi connectivity index (χ0n) is 30.3. The van der Waals surface area contributed by atoms with Gasteiger partial charge in [-0.2, -0.15) is 18.2 Å². The number of aromatic nitrogens is 1. The maximum atomic E-state index is 15.4. The highest BCUT2D eigenvalue weighted by Crippen LogP contribution is 2.64. The molecule has 286 valence electrons. The lowest BCUT2D eigenvalue weighted by atomic mass is 9.44. The fraction of sp³-hybridized carbons (Fsp3) is 0.222. The average Bonchev–Trinajstić information content (AvgIpc) is 3.47. The summed E-state index contributed by atoms with van der Waals surface area (Å²) in [5, 5.41) is 13.8. The number of carbonyl (C=O) groups excluding carboxylic acids is 4. The lowest BCUT2D eigenvalue weighted by Crippen LogP contribution is -2.59. The van der Waals surface area contributed by atoms with Crippen molar-refractivity contribution < 1.29 is 37.5 Å². The lowest BCUT2D eigenvalue weighted by molar-refractivity contribution is -0.141. The summed E-state index contributed by atoms with van der Waals surface area (Å²) in [6, 6.07) is 30.4. The highest BCUT2D eigenvalue weighted by atomic mass is 35.5. The number of imide groups is 1. The van der Waals surface area contributed by atoms with E-state index in [9.17, 15) is 27.9 Å². The molecule has 0 unspecified atom stereocenters.